The normalized spacial score (nSPS) is 13.3. The fraction of sp³-hybridized carbons (Fsp3) is 0.250. The van der Waals surface area contributed by atoms with Crippen molar-refractivity contribution in [3.05, 3.63) is 71.9 Å². The van der Waals surface area contributed by atoms with Crippen LogP contribution in [0, 0.1) is 0 Å². The molecule has 1 aliphatic rings. The van der Waals surface area contributed by atoms with Crippen LogP contribution in [-0.2, 0) is 9.59 Å². The van der Waals surface area contributed by atoms with E-state index in [9.17, 15) is 14.4 Å². The van der Waals surface area contributed by atoms with E-state index < -0.39 is 11.7 Å². The maximum Gasteiger partial charge on any atom is 0.294 e. The molecule has 12 heteroatoms. The Kier molecular flexibility index (Phi) is 8.97. The molecule has 0 atom stereocenters. The Balaban J connectivity index is 1.59. The molecule has 3 aromatic rings. The molecule has 3 N–H and O–H groups in total. The summed E-state index contributed by atoms with van der Waals surface area (Å²) < 4.78 is 0. The quantitative estimate of drug-likeness (QED) is 0.203. The minimum absolute atomic E-state index is 0.187. The summed E-state index contributed by atoms with van der Waals surface area (Å²) in [7, 11) is 5.11. The molecule has 2 heterocycles. The highest BCUT2D eigenvalue weighted by molar-refractivity contribution is 6.43. The zero-order valence-electron chi connectivity index (χ0n) is 22.6. The van der Waals surface area contributed by atoms with Gasteiger partial charge in [-0.3, -0.25) is 14.4 Å². The Morgan fingerprint density at radius 1 is 1.02 bits per heavy atom. The topological polar surface area (TPSA) is 123 Å². The summed E-state index contributed by atoms with van der Waals surface area (Å²) in [6.07, 6.45) is 2.65. The number of aromatic nitrogens is 2. The maximum atomic E-state index is 12.7. The molecular weight excluding hydrogens is 532 g/mol. The van der Waals surface area contributed by atoms with Gasteiger partial charge in [-0.1, -0.05) is 30.3 Å². The first-order valence-corrected chi connectivity index (χ1v) is 13.0. The molecule has 0 bridgehead atoms. The molecule has 1 aromatic heterocycles. The third-order valence-corrected chi connectivity index (χ3v) is 6.59. The fourth-order valence-electron chi connectivity index (χ4n) is 4.10. The average molecular weight is 563 g/mol. The zero-order valence-corrected chi connectivity index (χ0v) is 23.3. The third-order valence-electron chi connectivity index (χ3n) is 6.31. The molecule has 1 saturated heterocycles. The summed E-state index contributed by atoms with van der Waals surface area (Å²) in [5.41, 5.74) is 2.73. The fourth-order valence-corrected chi connectivity index (χ4v) is 4.24. The van der Waals surface area contributed by atoms with Gasteiger partial charge in [0.05, 0.1) is 28.8 Å². The van der Waals surface area contributed by atoms with Gasteiger partial charge in [-0.05, 0) is 43.5 Å². The van der Waals surface area contributed by atoms with Crippen molar-refractivity contribution in [3.8, 4) is 0 Å². The summed E-state index contributed by atoms with van der Waals surface area (Å²) in [4.78, 5) is 51.6. The maximum absolute atomic E-state index is 12.7. The summed E-state index contributed by atoms with van der Waals surface area (Å²) >= 11 is 6.37. The van der Waals surface area contributed by atoms with Crippen LogP contribution in [-0.4, -0.2) is 84.7 Å². The van der Waals surface area contributed by atoms with E-state index in [1.807, 2.05) is 12.1 Å². The van der Waals surface area contributed by atoms with Crippen molar-refractivity contribution in [3.63, 3.8) is 0 Å². The highest BCUT2D eigenvalue weighted by Crippen LogP contribution is 2.32. The number of benzene rings is 2. The van der Waals surface area contributed by atoms with Gasteiger partial charge in [0.15, 0.2) is 5.82 Å². The van der Waals surface area contributed by atoms with Gasteiger partial charge in [-0.2, -0.15) is 4.98 Å². The van der Waals surface area contributed by atoms with Crippen LogP contribution >= 0.6 is 11.6 Å². The molecular formula is C28H31ClN8O3. The van der Waals surface area contributed by atoms with Crippen molar-refractivity contribution >= 4 is 63.7 Å². The van der Waals surface area contributed by atoms with Gasteiger partial charge < -0.3 is 30.7 Å². The highest BCUT2D eigenvalue weighted by Gasteiger charge is 2.22. The second kappa shape index (κ2) is 12.6. The minimum atomic E-state index is -0.661. The van der Waals surface area contributed by atoms with Gasteiger partial charge >= 0.3 is 0 Å². The number of ketones is 1. The zero-order chi connectivity index (χ0) is 28.8. The minimum Gasteiger partial charge on any atom is -0.367 e. The molecule has 0 radical (unpaired) electrons. The van der Waals surface area contributed by atoms with Crippen LogP contribution in [0.25, 0.3) is 0 Å². The van der Waals surface area contributed by atoms with Crippen LogP contribution in [0.4, 0.5) is 34.5 Å². The Morgan fingerprint density at radius 3 is 2.45 bits per heavy atom. The van der Waals surface area contributed by atoms with Gasteiger partial charge in [-0.15, -0.1) is 0 Å². The second-order valence-electron chi connectivity index (χ2n) is 9.43. The number of hydrogen-bond donors (Lipinski definition) is 3. The lowest BCUT2D eigenvalue weighted by Gasteiger charge is -2.35. The smallest absolute Gasteiger partial charge is 0.294 e. The Bertz CT molecular complexity index is 1440. The average Bonchev–Trinajstić information content (AvgIpc) is 2.95. The molecule has 1 aliphatic heterocycles. The highest BCUT2D eigenvalue weighted by atomic mass is 35.5. The molecule has 11 nitrogen and oxygen atoms in total. The van der Waals surface area contributed by atoms with Crippen molar-refractivity contribution in [2.24, 2.45) is 0 Å². The standard InChI is InChI=1S/C28H31ClN8O3/c1-5-24(38)32-22-16-18(10-11-23(22)37-14-12-36(4)13-15-37)31-28-30-17-20(29)26(34-28)33-21-9-7-6-8-19(21)25(39)27(40)35(2)3/h5-11,16-17H,1,12-15H2,2-4H3,(H,32,38)(H2,30,31,33,34). The van der Waals surface area contributed by atoms with E-state index in [2.05, 4.69) is 49.3 Å². The molecule has 208 valence electrons. The number of anilines is 6. The van der Waals surface area contributed by atoms with Crippen molar-refractivity contribution in [1.82, 2.24) is 19.8 Å². The van der Waals surface area contributed by atoms with Gasteiger partial charge in [0.25, 0.3) is 11.7 Å². The molecule has 2 amide bonds. The van der Waals surface area contributed by atoms with E-state index in [1.165, 1.54) is 31.3 Å². The summed E-state index contributed by atoms with van der Waals surface area (Å²) in [6, 6.07) is 12.2. The van der Waals surface area contributed by atoms with Crippen LogP contribution in [0.15, 0.2) is 61.3 Å². The molecule has 2 aromatic carbocycles. The number of carbonyl (C=O) groups excluding carboxylic acids is 3. The van der Waals surface area contributed by atoms with E-state index in [4.69, 9.17) is 11.6 Å². The predicted molar refractivity (Wildman–Crippen MR) is 158 cm³/mol. The molecule has 0 aliphatic carbocycles. The third kappa shape index (κ3) is 6.74. The van der Waals surface area contributed by atoms with Crippen molar-refractivity contribution in [2.45, 2.75) is 0 Å². The van der Waals surface area contributed by atoms with Crippen molar-refractivity contribution in [2.75, 3.05) is 68.2 Å². The predicted octanol–water partition coefficient (Wildman–Crippen LogP) is 3.76. The van der Waals surface area contributed by atoms with Crippen LogP contribution in [0.1, 0.15) is 10.4 Å². The Hall–Kier alpha value is -4.48. The summed E-state index contributed by atoms with van der Waals surface area (Å²) in [5, 5.41) is 9.30. The molecule has 4 rings (SSSR count). The van der Waals surface area contributed by atoms with E-state index in [0.717, 1.165) is 31.9 Å². The first kappa shape index (κ1) is 28.5. The number of rotatable bonds is 9. The number of carbonyl (C=O) groups is 3. The molecule has 1 fully saturated rings. The van der Waals surface area contributed by atoms with Crippen LogP contribution in [0.3, 0.4) is 0 Å². The lowest BCUT2D eigenvalue weighted by Crippen LogP contribution is -2.44. The van der Waals surface area contributed by atoms with E-state index in [0.29, 0.717) is 17.1 Å². The monoisotopic (exact) mass is 562 g/mol. The number of nitrogens with one attached hydrogen (secondary N) is 3. The summed E-state index contributed by atoms with van der Waals surface area (Å²) in [6.45, 7) is 7.06. The summed E-state index contributed by atoms with van der Waals surface area (Å²) in [5.74, 6) is -1.15. The van der Waals surface area contributed by atoms with E-state index >= 15 is 0 Å². The molecule has 0 saturated carbocycles. The number of nitrogens with zero attached hydrogens (tertiary/aromatic N) is 5. The number of hydrogen-bond acceptors (Lipinski definition) is 9. The second-order valence-corrected chi connectivity index (χ2v) is 9.84. The lowest BCUT2D eigenvalue weighted by atomic mass is 10.1. The van der Waals surface area contributed by atoms with Crippen LogP contribution in [0.5, 0.6) is 0 Å². The van der Waals surface area contributed by atoms with Crippen molar-refractivity contribution in [1.29, 1.82) is 0 Å². The lowest BCUT2D eigenvalue weighted by molar-refractivity contribution is -0.124. The van der Waals surface area contributed by atoms with E-state index in [-0.39, 0.29) is 28.3 Å². The molecule has 0 unspecified atom stereocenters. The molecule has 40 heavy (non-hydrogen) atoms. The number of piperazine rings is 1. The number of likely N-dealkylation sites (N-methyl/N-ethyl adjacent to an activating group) is 2. The largest absolute Gasteiger partial charge is 0.367 e. The number of amides is 2. The van der Waals surface area contributed by atoms with E-state index in [1.54, 1.807) is 30.3 Å². The van der Waals surface area contributed by atoms with Gasteiger partial charge in [0.1, 0.15) is 5.02 Å². The first-order chi connectivity index (χ1) is 19.2. The molecule has 0 spiro atoms. The number of para-hydroxylation sites is 1. The SMILES string of the molecule is C=CC(=O)Nc1cc(Nc2ncc(Cl)c(Nc3ccccc3C(=O)C(=O)N(C)C)n2)ccc1N1CCN(C)CC1. The van der Waals surface area contributed by atoms with Gasteiger partial charge in [0.2, 0.25) is 11.9 Å². The van der Waals surface area contributed by atoms with Gasteiger partial charge in [-0.25, -0.2) is 4.98 Å². The Labute approximate surface area is 237 Å². The number of Topliss-reactive ketones (excluding diaryl/α,β-unsaturated/α-hetero) is 1. The van der Waals surface area contributed by atoms with Crippen molar-refractivity contribution < 1.29 is 14.4 Å². The van der Waals surface area contributed by atoms with Gasteiger partial charge in [0, 0.05) is 46.0 Å². The van der Waals surface area contributed by atoms with Crippen LogP contribution < -0.4 is 20.9 Å². The number of halogens is 1. The van der Waals surface area contributed by atoms with Crippen LogP contribution in [0.2, 0.25) is 5.02 Å². The first-order valence-electron chi connectivity index (χ1n) is 12.6. The Morgan fingerprint density at radius 2 is 1.75 bits per heavy atom.